The number of rotatable bonds is 6. The number of carbonyl (C=O) groups excluding carboxylic acids is 1. The van der Waals surface area contributed by atoms with Crippen LogP contribution >= 0.6 is 0 Å². The van der Waals surface area contributed by atoms with Crippen LogP contribution in [0.4, 0.5) is 0 Å². The van der Waals surface area contributed by atoms with Gasteiger partial charge in [0.1, 0.15) is 0 Å². The minimum Gasteiger partial charge on any atom is -0.395 e. The van der Waals surface area contributed by atoms with Crippen molar-refractivity contribution in [3.05, 3.63) is 26.9 Å². The van der Waals surface area contributed by atoms with E-state index < -0.39 is 0 Å². The van der Waals surface area contributed by atoms with Crippen LogP contribution in [0.3, 0.4) is 0 Å². The highest BCUT2D eigenvalue weighted by atomic mass is 16.3. The molecule has 1 amide bonds. The summed E-state index contributed by atoms with van der Waals surface area (Å²) in [5, 5.41) is 8.83. The fourth-order valence-corrected chi connectivity index (χ4v) is 1.86. The topological polar surface area (TPSA) is 47.0 Å². The first kappa shape index (κ1) is 14.4. The second-order valence-electron chi connectivity index (χ2n) is 4.01. The maximum absolute atomic E-state index is 11.8. The van der Waals surface area contributed by atoms with Gasteiger partial charge in [-0.05, 0) is 13.8 Å². The number of hydrogen-bond acceptors (Lipinski definition) is 4. The predicted octanol–water partition coefficient (Wildman–Crippen LogP) is -0.583. The van der Waals surface area contributed by atoms with Crippen molar-refractivity contribution in [3.8, 4) is 0 Å². The summed E-state index contributed by atoms with van der Waals surface area (Å²) in [4.78, 5) is 17.5. The van der Waals surface area contributed by atoms with Gasteiger partial charge in [0.15, 0.2) is 0 Å². The highest BCUT2D eigenvalue weighted by Crippen LogP contribution is 2.04. The van der Waals surface area contributed by atoms with Gasteiger partial charge in [-0.15, -0.1) is 0 Å². The van der Waals surface area contributed by atoms with E-state index in [9.17, 15) is 4.79 Å². The zero-order valence-corrected chi connectivity index (χ0v) is 10.2. The third kappa shape index (κ3) is 4.61. The van der Waals surface area contributed by atoms with E-state index in [-0.39, 0.29) is 12.5 Å². The van der Waals surface area contributed by atoms with Gasteiger partial charge >= 0.3 is 0 Å². The molecule has 0 atom stereocenters. The number of aliphatic hydroxyl groups excluding tert-OH is 1. The van der Waals surface area contributed by atoms with Crippen LogP contribution in [0.5, 0.6) is 0 Å². The summed E-state index contributed by atoms with van der Waals surface area (Å²) in [6.07, 6.45) is 0. The van der Waals surface area contributed by atoms with Crippen LogP contribution in [0, 0.1) is 26.9 Å². The van der Waals surface area contributed by atoms with Crippen LogP contribution in [0.15, 0.2) is 0 Å². The van der Waals surface area contributed by atoms with E-state index in [1.807, 2.05) is 0 Å². The smallest absolute Gasteiger partial charge is 0.237 e. The normalized spacial score (nSPS) is 18.3. The molecule has 0 aromatic heterocycles. The van der Waals surface area contributed by atoms with Gasteiger partial charge in [-0.3, -0.25) is 14.6 Å². The number of nitrogens with zero attached hydrogens (tertiary/aromatic N) is 3. The average molecular weight is 239 g/mol. The molecule has 0 aromatic carbocycles. The molecule has 5 nitrogen and oxygen atoms in total. The number of carbonyl (C=O) groups is 1. The van der Waals surface area contributed by atoms with Crippen molar-refractivity contribution in [1.29, 1.82) is 0 Å². The molecule has 1 saturated heterocycles. The zero-order chi connectivity index (χ0) is 12.7. The summed E-state index contributed by atoms with van der Waals surface area (Å²) in [6.45, 7) is 14.9. The van der Waals surface area contributed by atoms with Crippen molar-refractivity contribution in [1.82, 2.24) is 14.7 Å². The lowest BCUT2D eigenvalue weighted by molar-refractivity contribution is -0.129. The second-order valence-corrected chi connectivity index (χ2v) is 4.01. The molecule has 96 valence electrons. The molecule has 17 heavy (non-hydrogen) atoms. The summed E-state index contributed by atoms with van der Waals surface area (Å²) >= 11 is 0. The quantitative estimate of drug-likeness (QED) is 0.673. The molecule has 1 rings (SSSR count). The molecule has 0 saturated carbocycles. The maximum Gasteiger partial charge on any atom is 0.237 e. The Kier molecular flexibility index (Phi) is 6.47. The number of amides is 1. The number of hydrogen-bond donors (Lipinski definition) is 1. The Balaban J connectivity index is 2.27. The fourth-order valence-electron chi connectivity index (χ4n) is 1.86. The highest BCUT2D eigenvalue weighted by Gasteiger charge is 2.20. The lowest BCUT2D eigenvalue weighted by Crippen LogP contribution is -2.49. The maximum atomic E-state index is 11.8. The molecule has 0 aromatic rings. The van der Waals surface area contributed by atoms with Gasteiger partial charge in [0.05, 0.1) is 26.2 Å². The van der Waals surface area contributed by atoms with Crippen LogP contribution in [0.25, 0.3) is 0 Å². The van der Waals surface area contributed by atoms with Crippen LogP contribution < -0.4 is 0 Å². The molecule has 1 heterocycles. The third-order valence-electron chi connectivity index (χ3n) is 2.92. The first-order valence-electron chi connectivity index (χ1n) is 5.83. The Morgan fingerprint density at radius 2 is 1.71 bits per heavy atom. The third-order valence-corrected chi connectivity index (χ3v) is 2.92. The zero-order valence-electron chi connectivity index (χ0n) is 10.2. The Hall–Kier alpha value is -0.650. The fraction of sp³-hybridized carbons (Fsp3) is 0.583. The van der Waals surface area contributed by atoms with Crippen molar-refractivity contribution in [2.24, 2.45) is 0 Å². The highest BCUT2D eigenvalue weighted by molar-refractivity contribution is 5.79. The molecule has 1 N–H and O–H groups in total. The van der Waals surface area contributed by atoms with E-state index in [4.69, 9.17) is 5.11 Å². The summed E-state index contributed by atoms with van der Waals surface area (Å²) in [7, 11) is 0. The number of aliphatic hydroxyl groups is 1. The van der Waals surface area contributed by atoms with Gasteiger partial charge in [-0.25, -0.2) is 0 Å². The Morgan fingerprint density at radius 1 is 1.18 bits per heavy atom. The molecule has 1 fully saturated rings. The van der Waals surface area contributed by atoms with Crippen LogP contribution in [-0.2, 0) is 4.79 Å². The standard InChI is InChI=1S/C12H21N3O2/c1-3-15(4-2)12(17)11-14-7-5-13(6-8-14)9-10-16/h3-4,16H,1-2,5-11H2. The minimum absolute atomic E-state index is 0.00870. The number of piperazine rings is 1. The minimum atomic E-state index is -0.00870. The SMILES string of the molecule is [CH2][CH]N([CH][CH2])C(=O)CN1CCN(CCO)CC1. The van der Waals surface area contributed by atoms with Crippen molar-refractivity contribution >= 4 is 5.91 Å². The van der Waals surface area contributed by atoms with Gasteiger partial charge < -0.3 is 10.0 Å². The van der Waals surface area contributed by atoms with Gasteiger partial charge in [-0.2, -0.15) is 0 Å². The van der Waals surface area contributed by atoms with Crippen LogP contribution in [0.2, 0.25) is 0 Å². The lowest BCUT2D eigenvalue weighted by atomic mass is 10.3. The second kappa shape index (κ2) is 7.63. The molecule has 0 aliphatic carbocycles. The van der Waals surface area contributed by atoms with Gasteiger partial charge in [-0.1, -0.05) is 0 Å². The van der Waals surface area contributed by atoms with Crippen molar-refractivity contribution in [2.75, 3.05) is 45.9 Å². The molecule has 0 unspecified atom stereocenters. The van der Waals surface area contributed by atoms with E-state index in [1.165, 1.54) is 18.0 Å². The van der Waals surface area contributed by atoms with Gasteiger partial charge in [0.2, 0.25) is 5.91 Å². The Bertz CT molecular complexity index is 224. The predicted molar refractivity (Wildman–Crippen MR) is 66.1 cm³/mol. The van der Waals surface area contributed by atoms with Gasteiger partial charge in [0.25, 0.3) is 0 Å². The monoisotopic (exact) mass is 239 g/mol. The van der Waals surface area contributed by atoms with Crippen LogP contribution in [-0.4, -0.2) is 71.6 Å². The summed E-state index contributed by atoms with van der Waals surface area (Å²) in [5.41, 5.74) is 0. The molecule has 1 aliphatic rings. The molecule has 4 radical (unpaired) electrons. The number of β-amino-alcohol motifs (C(OH)–C–C–N with tert-alkyl or cyclic N) is 1. The van der Waals surface area contributed by atoms with E-state index in [0.717, 1.165) is 26.2 Å². The molecule has 0 spiro atoms. The molecular formula is C12H21N3O2. The summed E-state index contributed by atoms with van der Waals surface area (Å²) in [6, 6.07) is 0. The van der Waals surface area contributed by atoms with Crippen molar-refractivity contribution < 1.29 is 9.90 Å². The summed E-state index contributed by atoms with van der Waals surface area (Å²) in [5.74, 6) is -0.00870. The van der Waals surface area contributed by atoms with E-state index in [2.05, 4.69) is 23.6 Å². The largest absolute Gasteiger partial charge is 0.395 e. The summed E-state index contributed by atoms with van der Waals surface area (Å²) < 4.78 is 0. The van der Waals surface area contributed by atoms with Gasteiger partial charge in [0, 0.05) is 32.7 Å². The molecular weight excluding hydrogens is 218 g/mol. The first-order valence-corrected chi connectivity index (χ1v) is 5.83. The average Bonchev–Trinajstić information content (AvgIpc) is 2.33. The molecule has 1 aliphatic heterocycles. The first-order chi connectivity index (χ1) is 8.21. The van der Waals surface area contributed by atoms with E-state index >= 15 is 0 Å². The van der Waals surface area contributed by atoms with Crippen LogP contribution in [0.1, 0.15) is 0 Å². The van der Waals surface area contributed by atoms with Crippen molar-refractivity contribution in [2.45, 2.75) is 0 Å². The molecule has 5 heteroatoms. The Labute approximate surface area is 104 Å². The van der Waals surface area contributed by atoms with E-state index in [1.54, 1.807) is 0 Å². The molecule has 0 bridgehead atoms. The van der Waals surface area contributed by atoms with Crippen molar-refractivity contribution in [3.63, 3.8) is 0 Å². The van der Waals surface area contributed by atoms with E-state index in [0.29, 0.717) is 13.1 Å². The Morgan fingerprint density at radius 3 is 2.18 bits per heavy atom. The lowest BCUT2D eigenvalue weighted by Gasteiger charge is -2.34.